The number of carbonyl (C=O) groups is 1. The first-order valence-corrected chi connectivity index (χ1v) is 8.34. The molecular formula is C18H17BrN4O. The zero-order valence-electron chi connectivity index (χ0n) is 13.5. The molecule has 3 rings (SSSR count). The van der Waals surface area contributed by atoms with E-state index in [1.54, 1.807) is 0 Å². The van der Waals surface area contributed by atoms with E-state index in [4.69, 9.17) is 0 Å². The van der Waals surface area contributed by atoms with Crippen molar-refractivity contribution in [1.82, 2.24) is 15.0 Å². The Morgan fingerprint density at radius 1 is 1.21 bits per heavy atom. The summed E-state index contributed by atoms with van der Waals surface area (Å²) in [5, 5.41) is 4.18. The fourth-order valence-electron chi connectivity index (χ4n) is 2.50. The van der Waals surface area contributed by atoms with Crippen molar-refractivity contribution in [3.05, 3.63) is 64.4 Å². The molecule has 1 aromatic heterocycles. The number of hydrogen-bond donors (Lipinski definition) is 1. The van der Waals surface area contributed by atoms with Crippen LogP contribution in [-0.4, -0.2) is 21.2 Å². The lowest BCUT2D eigenvalue weighted by atomic mass is 10.1. The van der Waals surface area contributed by atoms with Gasteiger partial charge in [0.25, 0.3) is 0 Å². The Bertz CT molecular complexity index is 930. The Balaban J connectivity index is 1.72. The Labute approximate surface area is 148 Å². The van der Waals surface area contributed by atoms with E-state index in [9.17, 15) is 4.79 Å². The summed E-state index contributed by atoms with van der Waals surface area (Å²) in [6, 6.07) is 15.6. The smallest absolute Gasteiger partial charge is 0.247 e. The van der Waals surface area contributed by atoms with Gasteiger partial charge in [0.1, 0.15) is 5.82 Å². The van der Waals surface area contributed by atoms with E-state index in [1.807, 2.05) is 67.1 Å². The van der Waals surface area contributed by atoms with E-state index in [0.717, 1.165) is 26.8 Å². The molecule has 1 heterocycles. The quantitative estimate of drug-likeness (QED) is 0.553. The Morgan fingerprint density at radius 2 is 1.92 bits per heavy atom. The van der Waals surface area contributed by atoms with Crippen molar-refractivity contribution in [3.63, 3.8) is 0 Å². The van der Waals surface area contributed by atoms with Crippen molar-refractivity contribution in [2.75, 3.05) is 0 Å². The van der Waals surface area contributed by atoms with Gasteiger partial charge in [-0.05, 0) is 25.1 Å². The SMILES string of the molecule is C/C(=N\NC(=O)Cc1nc2ccccc2n1C)c1ccccc1Br. The predicted octanol–water partition coefficient (Wildman–Crippen LogP) is 3.42. The van der Waals surface area contributed by atoms with Crippen LogP contribution in [0.25, 0.3) is 11.0 Å². The normalized spacial score (nSPS) is 11.7. The standard InChI is InChI=1S/C18H17BrN4O/c1-12(13-7-3-4-8-14(13)19)21-22-18(24)11-17-20-15-9-5-6-10-16(15)23(17)2/h3-10H,11H2,1-2H3,(H,22,24)/b21-12+. The van der Waals surface area contributed by atoms with E-state index in [1.165, 1.54) is 0 Å². The van der Waals surface area contributed by atoms with E-state index in [0.29, 0.717) is 5.82 Å². The number of aryl methyl sites for hydroxylation is 1. The first kappa shape index (κ1) is 16.4. The summed E-state index contributed by atoms with van der Waals surface area (Å²) in [6.45, 7) is 1.86. The number of hydrazone groups is 1. The van der Waals surface area contributed by atoms with Crippen LogP contribution in [0.4, 0.5) is 0 Å². The summed E-state index contributed by atoms with van der Waals surface area (Å²) in [6.07, 6.45) is 0.178. The molecule has 0 atom stereocenters. The molecule has 0 aliphatic rings. The van der Waals surface area contributed by atoms with Gasteiger partial charge < -0.3 is 4.57 Å². The van der Waals surface area contributed by atoms with E-state index in [2.05, 4.69) is 31.4 Å². The number of fused-ring (bicyclic) bond motifs is 1. The minimum atomic E-state index is -0.195. The molecule has 24 heavy (non-hydrogen) atoms. The molecule has 0 fully saturated rings. The maximum atomic E-state index is 12.2. The number of benzene rings is 2. The van der Waals surface area contributed by atoms with E-state index < -0.39 is 0 Å². The van der Waals surface area contributed by atoms with Gasteiger partial charge in [-0.3, -0.25) is 4.79 Å². The molecule has 0 unspecified atom stereocenters. The van der Waals surface area contributed by atoms with Gasteiger partial charge >= 0.3 is 0 Å². The van der Waals surface area contributed by atoms with Crippen LogP contribution in [0.3, 0.4) is 0 Å². The number of nitrogens with one attached hydrogen (secondary N) is 1. The number of nitrogens with zero attached hydrogens (tertiary/aromatic N) is 3. The van der Waals surface area contributed by atoms with Crippen molar-refractivity contribution in [2.24, 2.45) is 12.1 Å². The molecule has 1 N–H and O–H groups in total. The van der Waals surface area contributed by atoms with Crippen LogP contribution in [0.15, 0.2) is 58.1 Å². The molecule has 5 nitrogen and oxygen atoms in total. The highest BCUT2D eigenvalue weighted by atomic mass is 79.9. The zero-order chi connectivity index (χ0) is 17.1. The molecule has 0 radical (unpaired) electrons. The van der Waals surface area contributed by atoms with Gasteiger partial charge in [-0.2, -0.15) is 5.10 Å². The van der Waals surface area contributed by atoms with Crippen LogP contribution in [0, 0.1) is 0 Å². The first-order chi connectivity index (χ1) is 11.6. The highest BCUT2D eigenvalue weighted by Gasteiger charge is 2.11. The van der Waals surface area contributed by atoms with Gasteiger partial charge in [0, 0.05) is 17.1 Å². The molecule has 0 saturated heterocycles. The van der Waals surface area contributed by atoms with E-state index in [-0.39, 0.29) is 12.3 Å². The van der Waals surface area contributed by atoms with Crippen LogP contribution >= 0.6 is 15.9 Å². The van der Waals surface area contributed by atoms with Gasteiger partial charge in [0.05, 0.1) is 23.2 Å². The lowest BCUT2D eigenvalue weighted by Gasteiger charge is -2.05. The number of hydrogen-bond acceptors (Lipinski definition) is 3. The summed E-state index contributed by atoms with van der Waals surface area (Å²) in [5.74, 6) is 0.516. The maximum Gasteiger partial charge on any atom is 0.247 e. The number of halogens is 1. The second-order valence-corrected chi connectivity index (χ2v) is 6.32. The minimum absolute atomic E-state index is 0.178. The largest absolute Gasteiger partial charge is 0.331 e. The highest BCUT2D eigenvalue weighted by Crippen LogP contribution is 2.17. The second-order valence-electron chi connectivity index (χ2n) is 5.46. The third kappa shape index (κ3) is 3.38. The number of imidazole rings is 1. The van der Waals surface area contributed by atoms with Crippen LogP contribution in [0.5, 0.6) is 0 Å². The molecule has 0 spiro atoms. The molecule has 122 valence electrons. The number of carbonyl (C=O) groups excluding carboxylic acids is 1. The van der Waals surface area contributed by atoms with Crippen LogP contribution in [0.1, 0.15) is 18.3 Å². The molecule has 0 saturated carbocycles. The molecule has 0 aliphatic carbocycles. The van der Waals surface area contributed by atoms with Gasteiger partial charge in [-0.1, -0.05) is 46.3 Å². The molecule has 1 amide bonds. The summed E-state index contributed by atoms with van der Waals surface area (Å²) in [5.41, 5.74) is 6.18. The Hall–Kier alpha value is -2.47. The van der Waals surface area contributed by atoms with Crippen molar-refractivity contribution in [3.8, 4) is 0 Å². The third-order valence-electron chi connectivity index (χ3n) is 3.81. The Kier molecular flexibility index (Phi) is 4.76. The monoisotopic (exact) mass is 384 g/mol. The Morgan fingerprint density at radius 3 is 2.67 bits per heavy atom. The van der Waals surface area contributed by atoms with Crippen LogP contribution in [-0.2, 0) is 18.3 Å². The number of aromatic nitrogens is 2. The number of rotatable bonds is 4. The van der Waals surface area contributed by atoms with E-state index >= 15 is 0 Å². The topological polar surface area (TPSA) is 59.3 Å². The third-order valence-corrected chi connectivity index (χ3v) is 4.50. The predicted molar refractivity (Wildman–Crippen MR) is 98.9 cm³/mol. The average Bonchev–Trinajstić information content (AvgIpc) is 2.89. The number of amides is 1. The summed E-state index contributed by atoms with van der Waals surface area (Å²) >= 11 is 3.48. The van der Waals surface area contributed by atoms with Gasteiger partial charge in [-0.15, -0.1) is 0 Å². The fraction of sp³-hybridized carbons (Fsp3) is 0.167. The number of para-hydroxylation sites is 2. The minimum Gasteiger partial charge on any atom is -0.331 e. The van der Waals surface area contributed by atoms with Gasteiger partial charge in [0.15, 0.2) is 0 Å². The van der Waals surface area contributed by atoms with Gasteiger partial charge in [0.2, 0.25) is 5.91 Å². The van der Waals surface area contributed by atoms with Crippen molar-refractivity contribution >= 4 is 38.6 Å². The van der Waals surface area contributed by atoms with Crippen LogP contribution in [0.2, 0.25) is 0 Å². The van der Waals surface area contributed by atoms with Crippen LogP contribution < -0.4 is 5.43 Å². The molecule has 2 aromatic carbocycles. The fourth-order valence-corrected chi connectivity index (χ4v) is 3.07. The van der Waals surface area contributed by atoms with Crippen molar-refractivity contribution < 1.29 is 4.79 Å². The lowest BCUT2D eigenvalue weighted by molar-refractivity contribution is -0.120. The zero-order valence-corrected chi connectivity index (χ0v) is 15.0. The summed E-state index contributed by atoms with van der Waals surface area (Å²) < 4.78 is 2.87. The maximum absolute atomic E-state index is 12.2. The summed E-state index contributed by atoms with van der Waals surface area (Å²) in [7, 11) is 1.91. The lowest BCUT2D eigenvalue weighted by Crippen LogP contribution is -2.22. The average molecular weight is 385 g/mol. The molecule has 6 heteroatoms. The first-order valence-electron chi connectivity index (χ1n) is 7.54. The molecule has 0 aliphatic heterocycles. The van der Waals surface area contributed by atoms with Crippen molar-refractivity contribution in [1.29, 1.82) is 0 Å². The van der Waals surface area contributed by atoms with Crippen molar-refractivity contribution in [2.45, 2.75) is 13.3 Å². The highest BCUT2D eigenvalue weighted by molar-refractivity contribution is 9.10. The molecule has 0 bridgehead atoms. The summed E-state index contributed by atoms with van der Waals surface area (Å²) in [4.78, 5) is 16.7. The molecule has 3 aromatic rings. The second kappa shape index (κ2) is 6.97. The van der Waals surface area contributed by atoms with Gasteiger partial charge in [-0.25, -0.2) is 10.4 Å². The molecular weight excluding hydrogens is 368 g/mol.